The largest absolute Gasteiger partial charge is 0.416 e. The van der Waals surface area contributed by atoms with Crippen LogP contribution in [0.5, 0.6) is 0 Å². The summed E-state index contributed by atoms with van der Waals surface area (Å²) >= 11 is 0. The molecule has 0 radical (unpaired) electrons. The maximum Gasteiger partial charge on any atom is 0.416 e. The molecule has 2 rings (SSSR count). The number of nitrogens with two attached hydrogens (primary N) is 1. The Balaban J connectivity index is 2.38. The van der Waals surface area contributed by atoms with Gasteiger partial charge in [0.05, 0.1) is 5.56 Å². The molecule has 1 heterocycles. The monoisotopic (exact) mass is 290 g/mol. The number of hydrogen-bond donors (Lipinski definition) is 1. The van der Waals surface area contributed by atoms with Gasteiger partial charge in [0.25, 0.3) is 0 Å². The molecule has 1 aliphatic rings. The van der Waals surface area contributed by atoms with Gasteiger partial charge in [0, 0.05) is 12.6 Å². The predicted molar refractivity (Wildman–Crippen MR) is 68.6 cm³/mol. The highest BCUT2D eigenvalue weighted by Gasteiger charge is 2.36. The average Bonchev–Trinajstić information content (AvgIpc) is 2.41. The van der Waals surface area contributed by atoms with Crippen molar-refractivity contribution in [1.82, 2.24) is 4.90 Å². The molecule has 0 aliphatic carbocycles. The van der Waals surface area contributed by atoms with Gasteiger partial charge in [-0.25, -0.2) is 4.39 Å². The quantitative estimate of drug-likeness (QED) is 0.865. The highest BCUT2D eigenvalue weighted by Crippen LogP contribution is 2.37. The SMILES string of the molecule is NCC(c1ccc(F)cc1C(F)(F)F)N1CCCCC1. The first-order chi connectivity index (χ1) is 9.43. The zero-order chi connectivity index (χ0) is 14.8. The molecule has 112 valence electrons. The van der Waals surface area contributed by atoms with Crippen molar-refractivity contribution in [3.63, 3.8) is 0 Å². The van der Waals surface area contributed by atoms with E-state index in [0.717, 1.165) is 38.4 Å². The molecular formula is C14H18F4N2. The summed E-state index contributed by atoms with van der Waals surface area (Å²) in [6.07, 6.45) is -1.57. The van der Waals surface area contributed by atoms with E-state index in [9.17, 15) is 17.6 Å². The first kappa shape index (κ1) is 15.3. The maximum absolute atomic E-state index is 13.1. The topological polar surface area (TPSA) is 29.3 Å². The van der Waals surface area contributed by atoms with E-state index in [-0.39, 0.29) is 12.1 Å². The molecule has 1 aliphatic heterocycles. The molecule has 2 N–H and O–H groups in total. The van der Waals surface area contributed by atoms with E-state index in [0.29, 0.717) is 6.07 Å². The van der Waals surface area contributed by atoms with Crippen molar-refractivity contribution in [3.05, 3.63) is 35.1 Å². The molecule has 1 aromatic rings. The third kappa shape index (κ3) is 3.30. The van der Waals surface area contributed by atoms with Crippen molar-refractivity contribution < 1.29 is 17.6 Å². The van der Waals surface area contributed by atoms with Gasteiger partial charge >= 0.3 is 6.18 Å². The van der Waals surface area contributed by atoms with Crippen LogP contribution in [0, 0.1) is 5.82 Å². The lowest BCUT2D eigenvalue weighted by Gasteiger charge is -2.35. The van der Waals surface area contributed by atoms with E-state index >= 15 is 0 Å². The molecule has 1 unspecified atom stereocenters. The van der Waals surface area contributed by atoms with Crippen LogP contribution in [0.25, 0.3) is 0 Å². The Morgan fingerprint density at radius 3 is 2.35 bits per heavy atom. The number of piperidine rings is 1. The van der Waals surface area contributed by atoms with Gasteiger partial charge in [0.15, 0.2) is 0 Å². The second-order valence-electron chi connectivity index (χ2n) is 5.08. The fourth-order valence-corrected chi connectivity index (χ4v) is 2.77. The Bertz CT molecular complexity index is 453. The lowest BCUT2D eigenvalue weighted by molar-refractivity contribution is -0.139. The van der Waals surface area contributed by atoms with Gasteiger partial charge in [0.1, 0.15) is 5.82 Å². The zero-order valence-electron chi connectivity index (χ0n) is 11.1. The minimum atomic E-state index is -4.57. The molecule has 1 aromatic carbocycles. The Hall–Kier alpha value is -1.14. The number of benzene rings is 1. The van der Waals surface area contributed by atoms with Crippen molar-refractivity contribution in [2.45, 2.75) is 31.5 Å². The Kier molecular flexibility index (Phi) is 4.65. The molecule has 0 bridgehead atoms. The zero-order valence-corrected chi connectivity index (χ0v) is 11.1. The normalized spacial score (nSPS) is 19.1. The van der Waals surface area contributed by atoms with E-state index in [4.69, 9.17) is 5.73 Å². The maximum atomic E-state index is 13.1. The number of hydrogen-bond acceptors (Lipinski definition) is 2. The van der Waals surface area contributed by atoms with Crippen LogP contribution in [0.4, 0.5) is 17.6 Å². The molecule has 2 nitrogen and oxygen atoms in total. The van der Waals surface area contributed by atoms with Gasteiger partial charge in [0.2, 0.25) is 0 Å². The van der Waals surface area contributed by atoms with Crippen LogP contribution in [-0.2, 0) is 6.18 Å². The second-order valence-corrected chi connectivity index (χ2v) is 5.08. The minimum Gasteiger partial charge on any atom is -0.329 e. The van der Waals surface area contributed by atoms with E-state index in [1.807, 2.05) is 4.90 Å². The first-order valence-corrected chi connectivity index (χ1v) is 6.74. The number of nitrogens with zero attached hydrogens (tertiary/aromatic N) is 1. The molecule has 1 fully saturated rings. The molecule has 6 heteroatoms. The lowest BCUT2D eigenvalue weighted by atomic mass is 9.96. The smallest absolute Gasteiger partial charge is 0.329 e. The van der Waals surface area contributed by atoms with Gasteiger partial charge in [-0.1, -0.05) is 12.5 Å². The number of rotatable bonds is 3. The van der Waals surface area contributed by atoms with E-state index in [1.54, 1.807) is 0 Å². The van der Waals surface area contributed by atoms with Crippen molar-refractivity contribution in [3.8, 4) is 0 Å². The molecular weight excluding hydrogens is 272 g/mol. The Morgan fingerprint density at radius 1 is 1.15 bits per heavy atom. The molecule has 1 atom stereocenters. The van der Waals surface area contributed by atoms with Crippen LogP contribution in [0.2, 0.25) is 0 Å². The molecule has 0 spiro atoms. The molecule has 1 saturated heterocycles. The number of alkyl halides is 3. The molecule has 0 aromatic heterocycles. The summed E-state index contributed by atoms with van der Waals surface area (Å²) < 4.78 is 52.3. The van der Waals surface area contributed by atoms with Gasteiger partial charge in [-0.05, 0) is 43.6 Å². The first-order valence-electron chi connectivity index (χ1n) is 6.74. The van der Waals surface area contributed by atoms with Crippen LogP contribution in [-0.4, -0.2) is 24.5 Å². The van der Waals surface area contributed by atoms with Crippen LogP contribution in [0.15, 0.2) is 18.2 Å². The minimum absolute atomic E-state index is 0.0725. The lowest BCUT2D eigenvalue weighted by Crippen LogP contribution is -2.38. The molecule has 20 heavy (non-hydrogen) atoms. The van der Waals surface area contributed by atoms with E-state index in [1.165, 1.54) is 6.07 Å². The molecule has 0 amide bonds. The van der Waals surface area contributed by atoms with Crippen molar-refractivity contribution >= 4 is 0 Å². The molecule has 0 saturated carbocycles. The number of halogens is 4. The van der Waals surface area contributed by atoms with Crippen molar-refractivity contribution in [2.75, 3.05) is 19.6 Å². The third-order valence-electron chi connectivity index (χ3n) is 3.73. The Morgan fingerprint density at radius 2 is 1.80 bits per heavy atom. The standard InChI is InChI=1S/C14H18F4N2/c15-10-4-5-11(12(8-10)14(16,17)18)13(9-19)20-6-2-1-3-7-20/h4-5,8,13H,1-3,6-7,9,19H2. The van der Waals surface area contributed by atoms with Gasteiger partial charge in [-0.15, -0.1) is 0 Å². The highest BCUT2D eigenvalue weighted by atomic mass is 19.4. The van der Waals surface area contributed by atoms with E-state index < -0.39 is 23.6 Å². The second kappa shape index (κ2) is 6.10. The predicted octanol–water partition coefficient (Wildman–Crippen LogP) is 3.33. The summed E-state index contributed by atoms with van der Waals surface area (Å²) in [7, 11) is 0. The number of likely N-dealkylation sites (tertiary alicyclic amines) is 1. The van der Waals surface area contributed by atoms with E-state index in [2.05, 4.69) is 0 Å². The van der Waals surface area contributed by atoms with Gasteiger partial charge in [-0.2, -0.15) is 13.2 Å². The summed E-state index contributed by atoms with van der Waals surface area (Å²) in [4.78, 5) is 1.96. The van der Waals surface area contributed by atoms with Crippen molar-refractivity contribution in [1.29, 1.82) is 0 Å². The highest BCUT2D eigenvalue weighted by molar-refractivity contribution is 5.33. The average molecular weight is 290 g/mol. The summed E-state index contributed by atoms with van der Waals surface area (Å²) in [6.45, 7) is 1.56. The van der Waals surface area contributed by atoms with Crippen LogP contribution in [0.3, 0.4) is 0 Å². The van der Waals surface area contributed by atoms with Crippen LogP contribution >= 0.6 is 0 Å². The van der Waals surface area contributed by atoms with Gasteiger partial charge < -0.3 is 5.73 Å². The van der Waals surface area contributed by atoms with Crippen LogP contribution < -0.4 is 5.73 Å². The Labute approximate surface area is 115 Å². The van der Waals surface area contributed by atoms with Crippen molar-refractivity contribution in [2.24, 2.45) is 5.73 Å². The third-order valence-corrected chi connectivity index (χ3v) is 3.73. The summed E-state index contributed by atoms with van der Waals surface area (Å²) in [5.41, 5.74) is 4.84. The van der Waals surface area contributed by atoms with Gasteiger partial charge in [-0.3, -0.25) is 4.90 Å². The summed E-state index contributed by atoms with van der Waals surface area (Å²) in [5, 5.41) is 0. The fourth-order valence-electron chi connectivity index (χ4n) is 2.77. The summed E-state index contributed by atoms with van der Waals surface area (Å²) in [6, 6.07) is 2.33. The van der Waals surface area contributed by atoms with Crippen LogP contribution in [0.1, 0.15) is 36.4 Å². The fraction of sp³-hybridized carbons (Fsp3) is 0.571. The summed E-state index contributed by atoms with van der Waals surface area (Å²) in [5.74, 6) is -0.879.